The van der Waals surface area contributed by atoms with Gasteiger partial charge in [-0.2, -0.15) is 0 Å². The summed E-state index contributed by atoms with van der Waals surface area (Å²) in [5, 5.41) is 10.4. The van der Waals surface area contributed by atoms with E-state index in [1.54, 1.807) is 23.5 Å². The Bertz CT molecular complexity index is 601. The third-order valence-corrected chi connectivity index (χ3v) is 5.01. The van der Waals surface area contributed by atoms with Crippen molar-refractivity contribution >= 4 is 22.9 Å². The van der Waals surface area contributed by atoms with Crippen LogP contribution in [0.2, 0.25) is 5.02 Å². The summed E-state index contributed by atoms with van der Waals surface area (Å²) in [4.78, 5) is 2.17. The molecule has 1 unspecified atom stereocenters. The van der Waals surface area contributed by atoms with Crippen LogP contribution in [0.25, 0.3) is 0 Å². The summed E-state index contributed by atoms with van der Waals surface area (Å²) >= 11 is 7.37. The van der Waals surface area contributed by atoms with Crippen molar-refractivity contribution in [3.05, 3.63) is 56.5 Å². The van der Waals surface area contributed by atoms with Gasteiger partial charge in [0, 0.05) is 16.2 Å². The van der Waals surface area contributed by atoms with Crippen molar-refractivity contribution in [3.8, 4) is 0 Å². The van der Waals surface area contributed by atoms with E-state index in [-0.39, 0.29) is 10.4 Å². The first-order chi connectivity index (χ1) is 9.27. The zero-order valence-corrected chi connectivity index (χ0v) is 13.4. The molecule has 1 aromatic carbocycles. The van der Waals surface area contributed by atoms with Crippen LogP contribution in [0.15, 0.2) is 30.3 Å². The SMILES string of the molecule is CC(C)(C)c1ccc(C(O)Cc2ccc(F)c(Cl)c2)s1. The molecule has 2 aromatic rings. The van der Waals surface area contributed by atoms with Gasteiger partial charge in [0.15, 0.2) is 0 Å². The topological polar surface area (TPSA) is 20.2 Å². The van der Waals surface area contributed by atoms with Crippen LogP contribution >= 0.6 is 22.9 Å². The maximum absolute atomic E-state index is 13.1. The van der Waals surface area contributed by atoms with Crippen LogP contribution in [0.1, 0.15) is 42.2 Å². The molecular weight excluding hydrogens is 295 g/mol. The van der Waals surface area contributed by atoms with Gasteiger partial charge in [0.2, 0.25) is 0 Å². The Morgan fingerprint density at radius 3 is 2.50 bits per heavy atom. The van der Waals surface area contributed by atoms with Crippen molar-refractivity contribution in [2.45, 2.75) is 38.7 Å². The number of hydrogen-bond donors (Lipinski definition) is 1. The van der Waals surface area contributed by atoms with E-state index in [1.807, 2.05) is 6.07 Å². The van der Waals surface area contributed by atoms with Crippen LogP contribution < -0.4 is 0 Å². The molecular formula is C16H18ClFOS. The van der Waals surface area contributed by atoms with Gasteiger partial charge in [-0.15, -0.1) is 11.3 Å². The first kappa shape index (κ1) is 15.5. The Morgan fingerprint density at radius 2 is 1.95 bits per heavy atom. The number of thiophene rings is 1. The fourth-order valence-electron chi connectivity index (χ4n) is 1.93. The smallest absolute Gasteiger partial charge is 0.141 e. The second-order valence-electron chi connectivity index (χ2n) is 5.92. The lowest BCUT2D eigenvalue weighted by Gasteiger charge is -2.15. The molecule has 0 amide bonds. The normalized spacial score (nSPS) is 13.5. The highest BCUT2D eigenvalue weighted by Gasteiger charge is 2.19. The standard InChI is InChI=1S/C16H18ClFOS/c1-16(2,3)15-7-6-14(20-15)13(19)9-10-4-5-12(18)11(17)8-10/h4-8,13,19H,9H2,1-3H3. The lowest BCUT2D eigenvalue weighted by Crippen LogP contribution is -2.07. The zero-order valence-electron chi connectivity index (χ0n) is 11.8. The second kappa shape index (κ2) is 5.84. The Morgan fingerprint density at radius 1 is 1.25 bits per heavy atom. The first-order valence-corrected chi connectivity index (χ1v) is 7.69. The van der Waals surface area contributed by atoms with Gasteiger partial charge in [-0.25, -0.2) is 4.39 Å². The number of halogens is 2. The largest absolute Gasteiger partial charge is 0.387 e. The molecule has 0 aliphatic rings. The van der Waals surface area contributed by atoms with Crippen LogP contribution in [-0.2, 0) is 11.8 Å². The number of aliphatic hydroxyl groups excluding tert-OH is 1. The minimum absolute atomic E-state index is 0.0851. The number of aliphatic hydroxyl groups is 1. The van der Waals surface area contributed by atoms with Gasteiger partial charge in [0.1, 0.15) is 5.82 Å². The van der Waals surface area contributed by atoms with Crippen molar-refractivity contribution in [2.24, 2.45) is 0 Å². The second-order valence-corrected chi connectivity index (χ2v) is 7.44. The van der Waals surface area contributed by atoms with Gasteiger partial charge in [0.05, 0.1) is 11.1 Å². The fourth-order valence-corrected chi connectivity index (χ4v) is 3.18. The van der Waals surface area contributed by atoms with Crippen molar-refractivity contribution < 1.29 is 9.50 Å². The summed E-state index contributed by atoms with van der Waals surface area (Å²) in [6, 6.07) is 8.57. The highest BCUT2D eigenvalue weighted by Crippen LogP contribution is 2.33. The molecule has 108 valence electrons. The predicted octanol–water partition coefficient (Wildman–Crippen LogP) is 5.11. The van der Waals surface area contributed by atoms with E-state index in [9.17, 15) is 9.50 Å². The van der Waals surface area contributed by atoms with Gasteiger partial charge in [-0.1, -0.05) is 38.4 Å². The van der Waals surface area contributed by atoms with Crippen molar-refractivity contribution in [3.63, 3.8) is 0 Å². The highest BCUT2D eigenvalue weighted by molar-refractivity contribution is 7.12. The molecule has 1 heterocycles. The van der Waals surface area contributed by atoms with Crippen LogP contribution in [0.4, 0.5) is 4.39 Å². The molecule has 1 atom stereocenters. The summed E-state index contributed by atoms with van der Waals surface area (Å²) in [5.41, 5.74) is 0.913. The fraction of sp³-hybridized carbons (Fsp3) is 0.375. The predicted molar refractivity (Wildman–Crippen MR) is 83.1 cm³/mol. The lowest BCUT2D eigenvalue weighted by atomic mass is 9.95. The summed E-state index contributed by atoms with van der Waals surface area (Å²) in [7, 11) is 0. The average molecular weight is 313 g/mol. The van der Waals surface area contributed by atoms with Crippen molar-refractivity contribution in [1.29, 1.82) is 0 Å². The minimum Gasteiger partial charge on any atom is -0.387 e. The molecule has 1 N–H and O–H groups in total. The first-order valence-electron chi connectivity index (χ1n) is 6.49. The molecule has 2 rings (SSSR count). The Kier molecular flexibility index (Phi) is 4.52. The minimum atomic E-state index is -0.586. The molecule has 4 heteroatoms. The highest BCUT2D eigenvalue weighted by atomic mass is 35.5. The summed E-state index contributed by atoms with van der Waals surface area (Å²) in [6.07, 6.45) is -0.151. The van der Waals surface area contributed by atoms with Gasteiger partial charge >= 0.3 is 0 Å². The maximum atomic E-state index is 13.1. The molecule has 0 saturated carbocycles. The van der Waals surface area contributed by atoms with Crippen LogP contribution in [-0.4, -0.2) is 5.11 Å². The average Bonchev–Trinajstić information content (AvgIpc) is 2.83. The van der Waals surface area contributed by atoms with E-state index in [1.165, 1.54) is 10.9 Å². The summed E-state index contributed by atoms with van der Waals surface area (Å²) < 4.78 is 13.1. The molecule has 0 bridgehead atoms. The van der Waals surface area contributed by atoms with Crippen LogP contribution in [0.5, 0.6) is 0 Å². The quantitative estimate of drug-likeness (QED) is 0.834. The van der Waals surface area contributed by atoms with Gasteiger partial charge in [0.25, 0.3) is 0 Å². The van der Waals surface area contributed by atoms with Gasteiger partial charge < -0.3 is 5.11 Å². The van der Waals surface area contributed by atoms with Crippen LogP contribution in [0, 0.1) is 5.82 Å². The molecule has 0 aliphatic carbocycles. The van der Waals surface area contributed by atoms with Crippen molar-refractivity contribution in [2.75, 3.05) is 0 Å². The van der Waals surface area contributed by atoms with E-state index >= 15 is 0 Å². The monoisotopic (exact) mass is 312 g/mol. The summed E-state index contributed by atoms with van der Waals surface area (Å²) in [6.45, 7) is 6.44. The van der Waals surface area contributed by atoms with E-state index in [2.05, 4.69) is 26.8 Å². The number of rotatable bonds is 3. The molecule has 0 saturated heterocycles. The molecule has 1 nitrogen and oxygen atoms in total. The lowest BCUT2D eigenvalue weighted by molar-refractivity contribution is 0.182. The summed E-state index contributed by atoms with van der Waals surface area (Å²) in [5.74, 6) is -0.434. The van der Waals surface area contributed by atoms with E-state index in [0.717, 1.165) is 10.4 Å². The molecule has 0 spiro atoms. The molecule has 0 aliphatic heterocycles. The Hall–Kier alpha value is -0.900. The molecule has 0 radical (unpaired) electrons. The Labute approximate surface area is 128 Å². The molecule has 0 fully saturated rings. The van der Waals surface area contributed by atoms with Crippen LogP contribution in [0.3, 0.4) is 0 Å². The molecule has 1 aromatic heterocycles. The number of benzene rings is 1. The third-order valence-electron chi connectivity index (χ3n) is 3.11. The zero-order chi connectivity index (χ0) is 14.9. The van der Waals surface area contributed by atoms with Gasteiger partial charge in [-0.3, -0.25) is 0 Å². The maximum Gasteiger partial charge on any atom is 0.141 e. The van der Waals surface area contributed by atoms with E-state index in [4.69, 9.17) is 11.6 Å². The van der Waals surface area contributed by atoms with E-state index in [0.29, 0.717) is 6.42 Å². The van der Waals surface area contributed by atoms with Gasteiger partial charge in [-0.05, 0) is 35.2 Å². The Balaban J connectivity index is 2.13. The van der Waals surface area contributed by atoms with E-state index < -0.39 is 11.9 Å². The third kappa shape index (κ3) is 3.60. The van der Waals surface area contributed by atoms with Crippen molar-refractivity contribution in [1.82, 2.24) is 0 Å². The number of hydrogen-bond acceptors (Lipinski definition) is 2. The molecule has 20 heavy (non-hydrogen) atoms.